The number of hydrogen-bond acceptors (Lipinski definition) is 6. The zero-order valence-electron chi connectivity index (χ0n) is 17.7. The first-order valence-corrected chi connectivity index (χ1v) is 12.3. The second kappa shape index (κ2) is 9.66. The lowest BCUT2D eigenvalue weighted by Crippen LogP contribution is -2.43. The Kier molecular flexibility index (Phi) is 6.90. The largest absolute Gasteiger partial charge is 0.486 e. The van der Waals surface area contributed by atoms with Gasteiger partial charge in [-0.3, -0.25) is 4.79 Å². The first-order valence-electron chi connectivity index (χ1n) is 10.5. The van der Waals surface area contributed by atoms with Crippen molar-refractivity contribution in [1.29, 1.82) is 0 Å². The van der Waals surface area contributed by atoms with E-state index in [1.807, 2.05) is 31.2 Å². The highest BCUT2D eigenvalue weighted by molar-refractivity contribution is 7.89. The number of likely N-dealkylation sites (N-methyl/N-ethyl adjacent to an activating group) is 1. The van der Waals surface area contributed by atoms with E-state index in [1.54, 1.807) is 4.90 Å². The maximum atomic E-state index is 13.3. The van der Waals surface area contributed by atoms with E-state index in [0.29, 0.717) is 37.9 Å². The molecule has 32 heavy (non-hydrogen) atoms. The molecule has 0 N–H and O–H groups in total. The van der Waals surface area contributed by atoms with Gasteiger partial charge < -0.3 is 19.1 Å². The van der Waals surface area contributed by atoms with Crippen molar-refractivity contribution in [3.05, 3.63) is 53.1 Å². The van der Waals surface area contributed by atoms with Crippen molar-refractivity contribution in [3.8, 4) is 11.5 Å². The molecule has 1 fully saturated rings. The van der Waals surface area contributed by atoms with E-state index in [2.05, 4.69) is 0 Å². The number of amides is 1. The number of carbonyl (C=O) groups excluding carboxylic acids is 1. The van der Waals surface area contributed by atoms with E-state index in [9.17, 15) is 13.2 Å². The predicted molar refractivity (Wildman–Crippen MR) is 119 cm³/mol. The molecule has 0 spiro atoms. The standard InChI is InChI=1S/C22H25ClN2O6S/c1-2-24(14-16-15-30-20-5-3-4-6-21(20)31-16)22(26)18-13-17(7-8-19(18)23)32(27,28)25-9-11-29-12-10-25/h3-8,13,16H,2,9-12,14-15H2,1H3. The van der Waals surface area contributed by atoms with E-state index in [1.165, 1.54) is 22.5 Å². The molecule has 2 aromatic rings. The van der Waals surface area contributed by atoms with Crippen molar-refractivity contribution < 1.29 is 27.4 Å². The van der Waals surface area contributed by atoms with Crippen LogP contribution < -0.4 is 9.47 Å². The lowest BCUT2D eigenvalue weighted by molar-refractivity contribution is 0.0475. The number of ether oxygens (including phenoxy) is 3. The quantitative estimate of drug-likeness (QED) is 0.632. The minimum absolute atomic E-state index is 0.0365. The molecule has 1 saturated heterocycles. The Balaban J connectivity index is 1.53. The van der Waals surface area contributed by atoms with Crippen LogP contribution in [0.3, 0.4) is 0 Å². The van der Waals surface area contributed by atoms with Crippen LogP contribution >= 0.6 is 11.6 Å². The first kappa shape index (κ1) is 22.8. The molecule has 10 heteroatoms. The number of nitrogens with zero attached hydrogens (tertiary/aromatic N) is 2. The minimum atomic E-state index is -3.75. The lowest BCUT2D eigenvalue weighted by Gasteiger charge is -2.31. The topological polar surface area (TPSA) is 85.4 Å². The lowest BCUT2D eigenvalue weighted by atomic mass is 10.1. The summed E-state index contributed by atoms with van der Waals surface area (Å²) in [6.45, 7) is 4.06. The van der Waals surface area contributed by atoms with Crippen LogP contribution in [0.5, 0.6) is 11.5 Å². The van der Waals surface area contributed by atoms with Crippen LogP contribution in [0.4, 0.5) is 0 Å². The van der Waals surface area contributed by atoms with Gasteiger partial charge in [0.1, 0.15) is 6.61 Å². The average molecular weight is 481 g/mol. The van der Waals surface area contributed by atoms with Gasteiger partial charge in [-0.05, 0) is 37.3 Å². The van der Waals surface area contributed by atoms with Crippen LogP contribution in [0.15, 0.2) is 47.4 Å². The number of para-hydroxylation sites is 2. The van der Waals surface area contributed by atoms with Gasteiger partial charge in [0.25, 0.3) is 5.91 Å². The Morgan fingerprint density at radius 1 is 1.16 bits per heavy atom. The molecule has 0 aromatic heterocycles. The van der Waals surface area contributed by atoms with Gasteiger partial charge in [0.05, 0.1) is 35.2 Å². The number of morpholine rings is 1. The summed E-state index contributed by atoms with van der Waals surface area (Å²) < 4.78 is 44.3. The summed E-state index contributed by atoms with van der Waals surface area (Å²) in [6.07, 6.45) is -0.354. The van der Waals surface area contributed by atoms with Gasteiger partial charge in [0, 0.05) is 19.6 Å². The summed E-state index contributed by atoms with van der Waals surface area (Å²) in [7, 11) is -3.75. The van der Waals surface area contributed by atoms with Crippen LogP contribution in [0.25, 0.3) is 0 Å². The maximum absolute atomic E-state index is 13.3. The molecule has 2 heterocycles. The van der Waals surface area contributed by atoms with Crippen molar-refractivity contribution in [2.75, 3.05) is 46.0 Å². The Bertz CT molecular complexity index is 1090. The van der Waals surface area contributed by atoms with Gasteiger partial charge >= 0.3 is 0 Å². The van der Waals surface area contributed by atoms with Crippen LogP contribution in [0.2, 0.25) is 5.02 Å². The number of hydrogen-bond donors (Lipinski definition) is 0. The number of carbonyl (C=O) groups is 1. The fourth-order valence-corrected chi connectivity index (χ4v) is 5.32. The molecule has 8 nitrogen and oxygen atoms in total. The average Bonchev–Trinajstić information content (AvgIpc) is 2.82. The maximum Gasteiger partial charge on any atom is 0.255 e. The zero-order valence-corrected chi connectivity index (χ0v) is 19.3. The normalized spacial score (nSPS) is 18.9. The van der Waals surface area contributed by atoms with Gasteiger partial charge in [-0.25, -0.2) is 8.42 Å². The van der Waals surface area contributed by atoms with Gasteiger partial charge in [0.2, 0.25) is 10.0 Å². The van der Waals surface area contributed by atoms with E-state index in [4.69, 9.17) is 25.8 Å². The monoisotopic (exact) mass is 480 g/mol. The highest BCUT2D eigenvalue weighted by atomic mass is 35.5. The molecular formula is C22H25ClN2O6S. The third kappa shape index (κ3) is 4.71. The Morgan fingerprint density at radius 2 is 1.88 bits per heavy atom. The minimum Gasteiger partial charge on any atom is -0.486 e. The Morgan fingerprint density at radius 3 is 2.59 bits per heavy atom. The van der Waals surface area contributed by atoms with Gasteiger partial charge in [-0.15, -0.1) is 0 Å². The van der Waals surface area contributed by atoms with Gasteiger partial charge in [-0.1, -0.05) is 23.7 Å². The van der Waals surface area contributed by atoms with Crippen molar-refractivity contribution in [2.45, 2.75) is 17.9 Å². The second-order valence-corrected chi connectivity index (χ2v) is 9.84. The van der Waals surface area contributed by atoms with Gasteiger partial charge in [0.15, 0.2) is 17.6 Å². The van der Waals surface area contributed by atoms with Crippen molar-refractivity contribution in [1.82, 2.24) is 9.21 Å². The third-order valence-corrected chi connectivity index (χ3v) is 7.66. The fourth-order valence-electron chi connectivity index (χ4n) is 3.69. The number of sulfonamides is 1. The summed E-state index contributed by atoms with van der Waals surface area (Å²) in [6, 6.07) is 11.6. The Labute approximate surface area is 192 Å². The highest BCUT2D eigenvalue weighted by Gasteiger charge is 2.30. The molecule has 0 saturated carbocycles. The molecule has 2 aliphatic heterocycles. The molecule has 1 atom stereocenters. The SMILES string of the molecule is CCN(CC1COc2ccccc2O1)C(=O)c1cc(S(=O)(=O)N2CCOCC2)ccc1Cl. The van der Waals surface area contributed by atoms with Crippen LogP contribution in [-0.2, 0) is 14.8 Å². The predicted octanol–water partition coefficient (Wildman–Crippen LogP) is 2.66. The van der Waals surface area contributed by atoms with Crippen LogP contribution in [-0.4, -0.2) is 75.6 Å². The molecule has 0 radical (unpaired) electrons. The number of benzene rings is 2. The third-order valence-electron chi connectivity index (χ3n) is 5.44. The van der Waals surface area contributed by atoms with Crippen molar-refractivity contribution in [2.24, 2.45) is 0 Å². The van der Waals surface area contributed by atoms with Crippen molar-refractivity contribution >= 4 is 27.5 Å². The fraction of sp³-hybridized carbons (Fsp3) is 0.409. The van der Waals surface area contributed by atoms with Crippen LogP contribution in [0, 0.1) is 0 Å². The van der Waals surface area contributed by atoms with Crippen molar-refractivity contribution in [3.63, 3.8) is 0 Å². The van der Waals surface area contributed by atoms with Gasteiger partial charge in [-0.2, -0.15) is 4.31 Å². The molecule has 2 aliphatic rings. The molecule has 1 unspecified atom stereocenters. The van der Waals surface area contributed by atoms with E-state index >= 15 is 0 Å². The second-order valence-electron chi connectivity index (χ2n) is 7.50. The molecular weight excluding hydrogens is 456 g/mol. The molecule has 2 aromatic carbocycles. The summed E-state index contributed by atoms with van der Waals surface area (Å²) >= 11 is 6.31. The molecule has 0 aliphatic carbocycles. The smallest absolute Gasteiger partial charge is 0.255 e. The number of rotatable bonds is 6. The van der Waals surface area contributed by atoms with E-state index in [-0.39, 0.29) is 47.1 Å². The van der Waals surface area contributed by atoms with E-state index in [0.717, 1.165) is 0 Å². The molecule has 1 amide bonds. The first-order chi connectivity index (χ1) is 15.4. The van der Waals surface area contributed by atoms with E-state index < -0.39 is 10.0 Å². The molecule has 172 valence electrons. The molecule has 4 rings (SSSR count). The molecule has 0 bridgehead atoms. The summed E-state index contributed by atoms with van der Waals surface area (Å²) in [5, 5.41) is 0.195. The summed E-state index contributed by atoms with van der Waals surface area (Å²) in [4.78, 5) is 14.9. The number of fused-ring (bicyclic) bond motifs is 1. The zero-order chi connectivity index (χ0) is 22.7. The van der Waals surface area contributed by atoms with Crippen LogP contribution in [0.1, 0.15) is 17.3 Å². The Hall–Kier alpha value is -2.33. The summed E-state index contributed by atoms with van der Waals surface area (Å²) in [5.74, 6) is 0.935. The summed E-state index contributed by atoms with van der Waals surface area (Å²) in [5.41, 5.74) is 0.139. The number of halogens is 1. The highest BCUT2D eigenvalue weighted by Crippen LogP contribution is 2.31.